The smallest absolute Gasteiger partial charge is 0.0431 e. The number of anilines is 1. The number of nitrogens with two attached hydrogens (primary N) is 1. The van der Waals surface area contributed by atoms with Crippen LogP contribution in [0.2, 0.25) is 0 Å². The summed E-state index contributed by atoms with van der Waals surface area (Å²) in [6, 6.07) is 5.98. The molecule has 0 heterocycles. The lowest BCUT2D eigenvalue weighted by Crippen LogP contribution is -1.95. The van der Waals surface area contributed by atoms with Crippen molar-refractivity contribution < 1.29 is 5.11 Å². The largest absolute Gasteiger partial charge is 0.398 e. The molecule has 0 unspecified atom stereocenters. The van der Waals surface area contributed by atoms with Crippen LogP contribution in [0.5, 0.6) is 0 Å². The van der Waals surface area contributed by atoms with Crippen LogP contribution in [0.1, 0.15) is 24.8 Å². The van der Waals surface area contributed by atoms with Gasteiger partial charge in [-0.25, -0.2) is 0 Å². The quantitative estimate of drug-likeness (QED) is 0.617. The molecule has 1 radical (unpaired) electrons. The van der Waals surface area contributed by atoms with Gasteiger partial charge in [0.2, 0.25) is 0 Å². The number of halogens is 1. The summed E-state index contributed by atoms with van der Waals surface area (Å²) in [4.78, 5) is 0. The molecule has 0 aliphatic rings. The monoisotopic (exact) mass is 270 g/mol. The van der Waals surface area contributed by atoms with Crippen molar-refractivity contribution in [3.8, 4) is 0 Å². The number of rotatable bonds is 6. The summed E-state index contributed by atoms with van der Waals surface area (Å²) in [5.41, 5.74) is 7.88. The maximum atomic E-state index is 8.62. The van der Waals surface area contributed by atoms with Gasteiger partial charge in [-0.05, 0) is 43.4 Å². The van der Waals surface area contributed by atoms with Crippen LogP contribution >= 0.6 is 15.9 Å². The Balaban J connectivity index is 2.31. The summed E-state index contributed by atoms with van der Waals surface area (Å²) in [6.07, 6.45) is 6.09. The number of nitrogen functional groups attached to an aromatic ring is 1. The Labute approximate surface area is 99.6 Å². The van der Waals surface area contributed by atoms with Crippen molar-refractivity contribution >= 4 is 21.6 Å². The van der Waals surface area contributed by atoms with E-state index in [0.717, 1.165) is 35.8 Å². The summed E-state index contributed by atoms with van der Waals surface area (Å²) in [5, 5.41) is 8.62. The van der Waals surface area contributed by atoms with Crippen LogP contribution < -0.4 is 5.73 Å². The van der Waals surface area contributed by atoms with Gasteiger partial charge in [0, 0.05) is 16.8 Å². The van der Waals surface area contributed by atoms with Crippen molar-refractivity contribution in [1.82, 2.24) is 0 Å². The minimum Gasteiger partial charge on any atom is -0.398 e. The van der Waals surface area contributed by atoms with E-state index < -0.39 is 0 Å². The number of unbranched alkanes of at least 4 members (excludes halogenated alkanes) is 3. The van der Waals surface area contributed by atoms with Crippen molar-refractivity contribution in [2.75, 3.05) is 12.3 Å². The highest BCUT2D eigenvalue weighted by atomic mass is 79.9. The SMILES string of the molecule is Nc1cc(Br)ccc1C[CH]CCCCO. The Bertz CT molecular complexity index is 302. The molecule has 0 bridgehead atoms. The lowest BCUT2D eigenvalue weighted by Gasteiger charge is -2.05. The van der Waals surface area contributed by atoms with Gasteiger partial charge in [0.25, 0.3) is 0 Å². The summed E-state index contributed by atoms with van der Waals surface area (Å²) in [7, 11) is 0. The molecule has 0 saturated heterocycles. The number of aliphatic hydroxyl groups excluding tert-OH is 1. The van der Waals surface area contributed by atoms with Crippen molar-refractivity contribution in [2.24, 2.45) is 0 Å². The van der Waals surface area contributed by atoms with Gasteiger partial charge < -0.3 is 10.8 Å². The number of aliphatic hydroxyl groups is 1. The van der Waals surface area contributed by atoms with E-state index >= 15 is 0 Å². The highest BCUT2D eigenvalue weighted by Gasteiger charge is 1.99. The zero-order chi connectivity index (χ0) is 11.1. The second kappa shape index (κ2) is 6.85. The predicted octanol–water partition coefficient (Wildman–Crippen LogP) is 2.94. The molecule has 0 saturated carbocycles. The number of hydrogen-bond acceptors (Lipinski definition) is 2. The Kier molecular flexibility index (Phi) is 5.73. The van der Waals surface area contributed by atoms with E-state index in [1.54, 1.807) is 0 Å². The molecule has 3 N–H and O–H groups in total. The Morgan fingerprint density at radius 3 is 2.80 bits per heavy atom. The van der Waals surface area contributed by atoms with Crippen LogP contribution in [0.4, 0.5) is 5.69 Å². The van der Waals surface area contributed by atoms with Crippen LogP contribution in [0.3, 0.4) is 0 Å². The molecule has 15 heavy (non-hydrogen) atoms. The van der Waals surface area contributed by atoms with Crippen molar-refractivity contribution in [3.05, 3.63) is 34.7 Å². The van der Waals surface area contributed by atoms with Gasteiger partial charge in [0.1, 0.15) is 0 Å². The van der Waals surface area contributed by atoms with E-state index in [2.05, 4.69) is 22.4 Å². The first-order chi connectivity index (χ1) is 7.24. The van der Waals surface area contributed by atoms with E-state index in [1.807, 2.05) is 18.2 Å². The van der Waals surface area contributed by atoms with E-state index in [1.165, 1.54) is 5.56 Å². The van der Waals surface area contributed by atoms with Crippen molar-refractivity contribution in [1.29, 1.82) is 0 Å². The molecule has 0 fully saturated rings. The molecule has 0 spiro atoms. The standard InChI is InChI=1S/C12H17BrNO/c13-11-7-6-10(12(14)9-11)5-3-1-2-4-8-15/h3,6-7,9,15H,1-2,4-5,8,14H2. The molecule has 1 aromatic carbocycles. The average Bonchev–Trinajstić information content (AvgIpc) is 2.20. The normalized spacial score (nSPS) is 10.5. The molecule has 83 valence electrons. The second-order valence-corrected chi connectivity index (χ2v) is 4.47. The Hall–Kier alpha value is -0.540. The fourth-order valence-corrected chi connectivity index (χ4v) is 1.79. The minimum absolute atomic E-state index is 0.286. The third kappa shape index (κ3) is 4.67. The molecule has 0 atom stereocenters. The molecule has 1 aromatic rings. The maximum Gasteiger partial charge on any atom is 0.0431 e. The zero-order valence-electron chi connectivity index (χ0n) is 8.75. The van der Waals surface area contributed by atoms with Crippen LogP contribution in [0, 0.1) is 6.42 Å². The van der Waals surface area contributed by atoms with Crippen LogP contribution in [-0.4, -0.2) is 11.7 Å². The minimum atomic E-state index is 0.286. The van der Waals surface area contributed by atoms with Gasteiger partial charge in [-0.1, -0.05) is 28.4 Å². The first kappa shape index (κ1) is 12.5. The molecule has 0 amide bonds. The van der Waals surface area contributed by atoms with E-state index in [-0.39, 0.29) is 6.61 Å². The summed E-state index contributed by atoms with van der Waals surface area (Å²) >= 11 is 3.38. The average molecular weight is 271 g/mol. The summed E-state index contributed by atoms with van der Waals surface area (Å²) in [6.45, 7) is 0.286. The molecule has 0 aliphatic heterocycles. The number of hydrogen-bond donors (Lipinski definition) is 2. The van der Waals surface area contributed by atoms with Gasteiger partial charge in [-0.3, -0.25) is 0 Å². The van der Waals surface area contributed by atoms with Crippen LogP contribution in [-0.2, 0) is 6.42 Å². The Morgan fingerprint density at radius 1 is 1.33 bits per heavy atom. The van der Waals surface area contributed by atoms with Crippen molar-refractivity contribution in [2.45, 2.75) is 25.7 Å². The van der Waals surface area contributed by atoms with Gasteiger partial charge in [0.15, 0.2) is 0 Å². The first-order valence-corrected chi connectivity index (χ1v) is 5.99. The second-order valence-electron chi connectivity index (χ2n) is 3.56. The van der Waals surface area contributed by atoms with Gasteiger partial charge >= 0.3 is 0 Å². The maximum absolute atomic E-state index is 8.62. The highest BCUT2D eigenvalue weighted by molar-refractivity contribution is 9.10. The van der Waals surface area contributed by atoms with Gasteiger partial charge in [0.05, 0.1) is 0 Å². The van der Waals surface area contributed by atoms with E-state index in [9.17, 15) is 0 Å². The summed E-state index contributed by atoms with van der Waals surface area (Å²) < 4.78 is 1.02. The van der Waals surface area contributed by atoms with Crippen molar-refractivity contribution in [3.63, 3.8) is 0 Å². The third-order valence-electron chi connectivity index (χ3n) is 2.29. The number of benzene rings is 1. The molecule has 1 rings (SSSR count). The van der Waals surface area contributed by atoms with Crippen LogP contribution in [0.15, 0.2) is 22.7 Å². The van der Waals surface area contributed by atoms with Gasteiger partial charge in [-0.15, -0.1) is 0 Å². The predicted molar refractivity (Wildman–Crippen MR) is 67.5 cm³/mol. The zero-order valence-corrected chi connectivity index (χ0v) is 10.3. The molecular weight excluding hydrogens is 254 g/mol. The molecule has 2 nitrogen and oxygen atoms in total. The highest BCUT2D eigenvalue weighted by Crippen LogP contribution is 2.20. The molecule has 3 heteroatoms. The third-order valence-corrected chi connectivity index (χ3v) is 2.78. The topological polar surface area (TPSA) is 46.2 Å². The molecule has 0 aromatic heterocycles. The fraction of sp³-hybridized carbons (Fsp3) is 0.417. The van der Waals surface area contributed by atoms with Crippen LogP contribution in [0.25, 0.3) is 0 Å². The fourth-order valence-electron chi connectivity index (χ4n) is 1.41. The van der Waals surface area contributed by atoms with E-state index in [4.69, 9.17) is 10.8 Å². The lowest BCUT2D eigenvalue weighted by molar-refractivity contribution is 0.284. The van der Waals surface area contributed by atoms with Gasteiger partial charge in [-0.2, -0.15) is 0 Å². The lowest BCUT2D eigenvalue weighted by atomic mass is 10.0. The Morgan fingerprint density at radius 2 is 2.13 bits per heavy atom. The molecule has 0 aliphatic carbocycles. The van der Waals surface area contributed by atoms with E-state index in [0.29, 0.717) is 0 Å². The first-order valence-electron chi connectivity index (χ1n) is 5.20. The summed E-state index contributed by atoms with van der Waals surface area (Å²) in [5.74, 6) is 0. The molecular formula is C12H17BrNO.